The fourth-order valence-corrected chi connectivity index (χ4v) is 13.6. The molecule has 3 saturated heterocycles. The molecule has 4 heterocycles. The van der Waals surface area contributed by atoms with Gasteiger partial charge in [0.1, 0.15) is 35.1 Å². The molecule has 58 heavy (non-hydrogen) atoms. The summed E-state index contributed by atoms with van der Waals surface area (Å²) >= 11 is 0. The predicted octanol–water partition coefficient (Wildman–Crippen LogP) is 3.28. The molecule has 7 aliphatic rings. The smallest absolute Gasteiger partial charge is 0.333 e. The molecule has 7 fully saturated rings. The summed E-state index contributed by atoms with van der Waals surface area (Å²) in [6, 6.07) is 1.59. The van der Waals surface area contributed by atoms with Crippen LogP contribution in [-0.2, 0) is 66.5 Å². The average molecular weight is 819 g/mol. The van der Waals surface area contributed by atoms with E-state index in [1.807, 2.05) is 0 Å². The van der Waals surface area contributed by atoms with Gasteiger partial charge in [-0.25, -0.2) is 4.79 Å². The normalized spacial score (nSPS) is 49.6. The molecule has 4 saturated carbocycles. The van der Waals surface area contributed by atoms with Crippen LogP contribution in [-0.4, -0.2) is 114 Å². The van der Waals surface area contributed by atoms with Gasteiger partial charge in [-0.05, 0) is 38.7 Å². The van der Waals surface area contributed by atoms with Crippen molar-refractivity contribution in [2.45, 2.75) is 152 Å². The monoisotopic (exact) mass is 818 g/mol. The minimum Gasteiger partial charge on any atom is -0.472 e. The predicted molar refractivity (Wildman–Crippen MR) is 192 cm³/mol. The van der Waals surface area contributed by atoms with Crippen molar-refractivity contribution in [2.75, 3.05) is 21.3 Å². The number of rotatable bonds is 11. The molecule has 2 spiro atoms. The van der Waals surface area contributed by atoms with Crippen molar-refractivity contribution in [2.24, 2.45) is 22.2 Å². The number of fused-ring (bicyclic) bond motifs is 2. The Labute approximate surface area is 335 Å². The van der Waals surface area contributed by atoms with E-state index in [0.717, 1.165) is 0 Å². The van der Waals surface area contributed by atoms with Crippen molar-refractivity contribution in [3.63, 3.8) is 0 Å². The van der Waals surface area contributed by atoms with Crippen molar-refractivity contribution < 1.29 is 81.2 Å². The van der Waals surface area contributed by atoms with Crippen molar-refractivity contribution in [3.8, 4) is 0 Å². The summed E-state index contributed by atoms with van der Waals surface area (Å²) in [5.74, 6) is -7.95. The number of furan rings is 1. The number of hydrogen-bond donors (Lipinski definition) is 2. The van der Waals surface area contributed by atoms with Gasteiger partial charge in [0.15, 0.2) is 11.2 Å². The molecule has 0 radical (unpaired) electrons. The number of hydrogen-bond acceptors (Lipinski definition) is 17. The topological polar surface area (TPSA) is 214 Å². The summed E-state index contributed by atoms with van der Waals surface area (Å²) in [6.07, 6.45) is -3.05. The van der Waals surface area contributed by atoms with Crippen LogP contribution in [0.25, 0.3) is 0 Å². The maximum Gasteiger partial charge on any atom is 0.333 e. The van der Waals surface area contributed by atoms with Gasteiger partial charge in [0.25, 0.3) is 11.9 Å². The highest BCUT2D eigenvalue weighted by atomic mass is 17.0. The molecule has 0 aromatic carbocycles. The lowest BCUT2D eigenvalue weighted by molar-refractivity contribution is -0.468. The molecule has 4 aliphatic carbocycles. The molecule has 4 bridgehead atoms. The summed E-state index contributed by atoms with van der Waals surface area (Å²) in [5, 5.41) is 27.4. The van der Waals surface area contributed by atoms with Crippen LogP contribution in [0, 0.1) is 22.2 Å². The molecular weight excluding hydrogens is 764 g/mol. The van der Waals surface area contributed by atoms with Crippen LogP contribution in [0.4, 0.5) is 0 Å². The fraction of sp³-hybridized carbons (Fsp3) is 0.756. The quantitative estimate of drug-likeness (QED) is 0.186. The number of esters is 4. The molecule has 17 heteroatoms. The summed E-state index contributed by atoms with van der Waals surface area (Å²) in [4.78, 5) is 55.0. The molecule has 1 unspecified atom stereocenters. The van der Waals surface area contributed by atoms with E-state index in [0.29, 0.717) is 5.56 Å². The molecule has 2 N–H and O–H groups in total. The van der Waals surface area contributed by atoms with E-state index in [1.54, 1.807) is 53.7 Å². The molecule has 0 amide bonds. The lowest BCUT2D eigenvalue weighted by atomic mass is 9.32. The number of aliphatic hydroxyl groups excluding tert-OH is 1. The summed E-state index contributed by atoms with van der Waals surface area (Å²) in [5.41, 5.74) is -15.0. The molecule has 8 rings (SSSR count). The zero-order valence-electron chi connectivity index (χ0n) is 34.7. The first kappa shape index (κ1) is 41.3. The number of methoxy groups -OCH3 is 3. The Morgan fingerprint density at radius 1 is 0.983 bits per heavy atom. The van der Waals surface area contributed by atoms with E-state index in [2.05, 4.69) is 0 Å². The second kappa shape index (κ2) is 12.3. The number of ether oxygens (including phenoxy) is 10. The Balaban J connectivity index is 1.54. The van der Waals surface area contributed by atoms with Gasteiger partial charge in [-0.15, -0.1) is 0 Å². The Kier molecular flexibility index (Phi) is 8.79. The first-order chi connectivity index (χ1) is 27.1. The maximum atomic E-state index is 14.2. The van der Waals surface area contributed by atoms with Gasteiger partial charge < -0.3 is 62.0 Å². The van der Waals surface area contributed by atoms with E-state index >= 15 is 0 Å². The highest BCUT2D eigenvalue weighted by molar-refractivity contribution is 5.88. The van der Waals surface area contributed by atoms with Crippen molar-refractivity contribution >= 4 is 23.9 Å². The largest absolute Gasteiger partial charge is 0.472 e. The summed E-state index contributed by atoms with van der Waals surface area (Å²) < 4.78 is 70.5. The molecule has 320 valence electrons. The summed E-state index contributed by atoms with van der Waals surface area (Å²) in [7, 11) is 3.80. The average Bonchev–Trinajstić information content (AvgIpc) is 4.00. The molecule has 3 aliphatic heterocycles. The lowest BCUT2D eigenvalue weighted by Crippen LogP contribution is -2.97. The van der Waals surface area contributed by atoms with Crippen LogP contribution < -0.4 is 0 Å². The van der Waals surface area contributed by atoms with Crippen molar-refractivity contribution in [1.82, 2.24) is 0 Å². The highest BCUT2D eigenvalue weighted by Gasteiger charge is 3.07. The van der Waals surface area contributed by atoms with E-state index in [1.165, 1.54) is 47.7 Å². The van der Waals surface area contributed by atoms with Crippen LogP contribution in [0.2, 0.25) is 0 Å². The minimum atomic E-state index is -2.27. The van der Waals surface area contributed by atoms with E-state index in [4.69, 9.17) is 51.8 Å². The van der Waals surface area contributed by atoms with Crippen molar-refractivity contribution in [3.05, 3.63) is 35.8 Å². The van der Waals surface area contributed by atoms with E-state index in [9.17, 15) is 29.4 Å². The Bertz CT molecular complexity index is 1960. The number of carbonyl (C=O) groups excluding carboxylic acids is 4. The molecule has 1 aromatic heterocycles. The SMILES string of the molecule is C/C=C(\C)C(=O)O[C@H]1[C@]2(C)C[C@]3(O)[C@]14O[C@](CC)(OC)O[C@H]4[C@]14OC5(C)O[C@@]1(CC(=O)OC)[C@](C)([C@@H](OC(C)=O)c1ccoc1)C[C@@H](O)[C@]4(O5)[C@]3(C)[C@H]2CC(=O)OC. The van der Waals surface area contributed by atoms with Gasteiger partial charge in [-0.1, -0.05) is 33.8 Å². The summed E-state index contributed by atoms with van der Waals surface area (Å²) in [6.45, 7) is 12.9. The third-order valence-corrected chi connectivity index (χ3v) is 15.6. The second-order valence-corrected chi connectivity index (χ2v) is 17.9. The van der Waals surface area contributed by atoms with E-state index in [-0.39, 0.29) is 31.3 Å². The maximum absolute atomic E-state index is 14.2. The Morgan fingerprint density at radius 2 is 1.66 bits per heavy atom. The van der Waals surface area contributed by atoms with Crippen LogP contribution >= 0.6 is 0 Å². The molecule has 17 nitrogen and oxygen atoms in total. The van der Waals surface area contributed by atoms with Gasteiger partial charge in [0.2, 0.25) is 0 Å². The zero-order chi connectivity index (χ0) is 42.5. The van der Waals surface area contributed by atoms with Gasteiger partial charge in [0, 0.05) is 61.2 Å². The highest BCUT2D eigenvalue weighted by Crippen LogP contribution is 2.90. The van der Waals surface area contributed by atoms with E-state index < -0.39 is 117 Å². The van der Waals surface area contributed by atoms with Crippen LogP contribution in [0.1, 0.15) is 99.2 Å². The van der Waals surface area contributed by atoms with Gasteiger partial charge in [0.05, 0.1) is 39.3 Å². The number of aliphatic hydroxyl groups is 2. The zero-order valence-corrected chi connectivity index (χ0v) is 34.7. The third-order valence-electron chi connectivity index (χ3n) is 15.6. The van der Waals surface area contributed by atoms with Gasteiger partial charge >= 0.3 is 23.9 Å². The fourth-order valence-electron chi connectivity index (χ4n) is 13.6. The Morgan fingerprint density at radius 3 is 2.22 bits per heavy atom. The van der Waals surface area contributed by atoms with Crippen LogP contribution in [0.3, 0.4) is 0 Å². The van der Waals surface area contributed by atoms with Crippen LogP contribution in [0.15, 0.2) is 34.7 Å². The molecule has 15 atom stereocenters. The van der Waals surface area contributed by atoms with Crippen LogP contribution in [0.5, 0.6) is 0 Å². The van der Waals surface area contributed by atoms with Gasteiger partial charge in [-0.3, -0.25) is 14.4 Å². The lowest BCUT2D eigenvalue weighted by Gasteiger charge is -2.78. The first-order valence-corrected chi connectivity index (χ1v) is 19.7. The number of carbonyl (C=O) groups is 4. The third kappa shape index (κ3) is 4.20. The Hall–Kier alpha value is -3.42. The molecular formula is C41H54O17. The van der Waals surface area contributed by atoms with Gasteiger partial charge in [-0.2, -0.15) is 0 Å². The number of allylic oxidation sites excluding steroid dienone is 1. The standard InChI is InChI=1S/C41H54O17/c1-12-21(3)29(46)53-30-32(5)20-36(47)34(7,24(32)16-26(44)48-9)40-25(43)17-33(6,28(52-22(4)42)23-14-15-51-19-23)37(18-27(45)49-10)41(40,57-35(8,55-37)56-40)31-39(30,36)58-38(13-2,50-11)54-31/h12,14-15,19,24-25,28,30-31,43,47H,13,16-18,20H2,1-11H3/b21-12+/t24-,25+,28-,30-,31+,32+,33-,34+,35?,36+,37-,38+,39-,40-,41-/m0/s1. The van der Waals surface area contributed by atoms with Crippen molar-refractivity contribution in [1.29, 1.82) is 0 Å². The second-order valence-electron chi connectivity index (χ2n) is 17.9. The first-order valence-electron chi connectivity index (χ1n) is 19.7. The molecule has 1 aromatic rings. The minimum absolute atomic E-state index is 0.0163.